The summed E-state index contributed by atoms with van der Waals surface area (Å²) in [6.07, 6.45) is 3.81. The van der Waals surface area contributed by atoms with E-state index in [2.05, 4.69) is 4.90 Å². The van der Waals surface area contributed by atoms with Gasteiger partial charge in [-0.3, -0.25) is 15.0 Å². The third kappa shape index (κ3) is 3.84. The molecule has 1 saturated heterocycles. The number of methoxy groups -OCH3 is 1. The molecule has 2 rings (SSSR count). The van der Waals surface area contributed by atoms with E-state index in [4.69, 9.17) is 9.47 Å². The van der Waals surface area contributed by atoms with E-state index in [1.54, 1.807) is 6.07 Å². The molecular weight excluding hydrogens is 260 g/mol. The maximum Gasteiger partial charge on any atom is 0.273 e. The summed E-state index contributed by atoms with van der Waals surface area (Å²) in [7, 11) is 1.48. The van der Waals surface area contributed by atoms with Crippen LogP contribution in [0, 0.1) is 10.1 Å². The number of likely N-dealkylation sites (tertiary alicyclic amines) is 1. The summed E-state index contributed by atoms with van der Waals surface area (Å²) in [6.45, 7) is 3.69. The van der Waals surface area contributed by atoms with Crippen molar-refractivity contribution in [1.82, 2.24) is 4.90 Å². The van der Waals surface area contributed by atoms with Gasteiger partial charge in [-0.15, -0.1) is 0 Å². The van der Waals surface area contributed by atoms with Crippen molar-refractivity contribution in [2.45, 2.75) is 19.3 Å². The molecule has 1 aliphatic heterocycles. The number of nitro benzene ring substituents is 1. The van der Waals surface area contributed by atoms with Crippen molar-refractivity contribution in [3.05, 3.63) is 28.3 Å². The van der Waals surface area contributed by atoms with Crippen molar-refractivity contribution in [2.75, 3.05) is 33.4 Å². The van der Waals surface area contributed by atoms with Gasteiger partial charge in [0.25, 0.3) is 5.69 Å². The number of hydrogen-bond acceptors (Lipinski definition) is 5. The molecule has 6 heteroatoms. The lowest BCUT2D eigenvalue weighted by atomic mass is 10.1. The van der Waals surface area contributed by atoms with Gasteiger partial charge in [-0.2, -0.15) is 0 Å². The molecule has 20 heavy (non-hydrogen) atoms. The average Bonchev–Trinajstić information content (AvgIpc) is 2.48. The van der Waals surface area contributed by atoms with E-state index < -0.39 is 4.92 Å². The van der Waals surface area contributed by atoms with E-state index in [9.17, 15) is 10.1 Å². The molecule has 0 N–H and O–H groups in total. The zero-order valence-corrected chi connectivity index (χ0v) is 11.7. The van der Waals surface area contributed by atoms with Gasteiger partial charge >= 0.3 is 0 Å². The van der Waals surface area contributed by atoms with Crippen LogP contribution in [0.3, 0.4) is 0 Å². The molecule has 6 nitrogen and oxygen atoms in total. The lowest BCUT2D eigenvalue weighted by molar-refractivity contribution is -0.384. The Labute approximate surface area is 118 Å². The zero-order chi connectivity index (χ0) is 14.4. The number of piperidine rings is 1. The molecule has 1 aromatic carbocycles. The number of nitro groups is 1. The van der Waals surface area contributed by atoms with E-state index in [1.807, 2.05) is 0 Å². The third-order valence-corrected chi connectivity index (χ3v) is 3.47. The Bertz CT molecular complexity index is 458. The summed E-state index contributed by atoms with van der Waals surface area (Å²) in [6, 6.07) is 4.40. The Morgan fingerprint density at radius 2 is 2.00 bits per heavy atom. The number of hydrogen-bond donors (Lipinski definition) is 0. The first-order valence-electron chi connectivity index (χ1n) is 6.88. The zero-order valence-electron chi connectivity index (χ0n) is 11.7. The maximum absolute atomic E-state index is 10.7. The molecule has 0 aliphatic carbocycles. The standard InChI is InChI=1S/C14H20N2O4/c1-19-14-11-12(16(17)18)5-6-13(14)20-10-9-15-7-3-2-4-8-15/h5-6,11H,2-4,7-10H2,1H3. The van der Waals surface area contributed by atoms with Crippen LogP contribution in [0.25, 0.3) is 0 Å². The molecule has 0 bridgehead atoms. The van der Waals surface area contributed by atoms with Gasteiger partial charge < -0.3 is 9.47 Å². The Hall–Kier alpha value is -1.82. The Kier molecular flexibility index (Phi) is 5.17. The Balaban J connectivity index is 1.89. The molecule has 110 valence electrons. The van der Waals surface area contributed by atoms with Crippen LogP contribution in [0.4, 0.5) is 5.69 Å². The van der Waals surface area contributed by atoms with Crippen molar-refractivity contribution >= 4 is 5.69 Å². The van der Waals surface area contributed by atoms with Gasteiger partial charge in [0.2, 0.25) is 0 Å². The van der Waals surface area contributed by atoms with E-state index in [0.29, 0.717) is 18.1 Å². The quantitative estimate of drug-likeness (QED) is 0.591. The predicted molar refractivity (Wildman–Crippen MR) is 75.4 cm³/mol. The van der Waals surface area contributed by atoms with E-state index in [-0.39, 0.29) is 5.69 Å². The molecule has 0 unspecified atom stereocenters. The molecule has 0 amide bonds. The molecule has 0 spiro atoms. The molecule has 0 aromatic heterocycles. The first-order chi connectivity index (χ1) is 9.70. The van der Waals surface area contributed by atoms with Gasteiger partial charge in [-0.25, -0.2) is 0 Å². The fourth-order valence-corrected chi connectivity index (χ4v) is 2.36. The summed E-state index contributed by atoms with van der Waals surface area (Å²) in [5.74, 6) is 0.952. The first-order valence-corrected chi connectivity index (χ1v) is 6.88. The normalized spacial score (nSPS) is 15.8. The van der Waals surface area contributed by atoms with Gasteiger partial charge in [0.05, 0.1) is 18.1 Å². The van der Waals surface area contributed by atoms with Crippen LogP contribution in [0.1, 0.15) is 19.3 Å². The van der Waals surface area contributed by atoms with Crippen molar-refractivity contribution in [3.63, 3.8) is 0 Å². The van der Waals surface area contributed by atoms with Crippen molar-refractivity contribution in [1.29, 1.82) is 0 Å². The van der Waals surface area contributed by atoms with Crippen LogP contribution in [-0.2, 0) is 0 Å². The molecule has 1 aromatic rings. The highest BCUT2D eigenvalue weighted by Gasteiger charge is 2.13. The fraction of sp³-hybridized carbons (Fsp3) is 0.571. The number of non-ortho nitro benzene ring substituents is 1. The topological polar surface area (TPSA) is 64.8 Å². The van der Waals surface area contributed by atoms with E-state index in [1.165, 1.54) is 38.5 Å². The van der Waals surface area contributed by atoms with Crippen LogP contribution in [-0.4, -0.2) is 43.2 Å². The second-order valence-electron chi connectivity index (χ2n) is 4.84. The van der Waals surface area contributed by atoms with Crippen molar-refractivity contribution in [3.8, 4) is 11.5 Å². The maximum atomic E-state index is 10.7. The average molecular weight is 280 g/mol. The van der Waals surface area contributed by atoms with Crippen LogP contribution in [0.5, 0.6) is 11.5 Å². The first kappa shape index (κ1) is 14.6. The second-order valence-corrected chi connectivity index (χ2v) is 4.84. The van der Waals surface area contributed by atoms with Gasteiger partial charge in [0, 0.05) is 12.6 Å². The number of ether oxygens (including phenoxy) is 2. The van der Waals surface area contributed by atoms with Crippen LogP contribution in [0.15, 0.2) is 18.2 Å². The number of benzene rings is 1. The smallest absolute Gasteiger partial charge is 0.273 e. The molecule has 0 atom stereocenters. The highest BCUT2D eigenvalue weighted by atomic mass is 16.6. The lowest BCUT2D eigenvalue weighted by Crippen LogP contribution is -2.33. The van der Waals surface area contributed by atoms with Crippen molar-refractivity contribution < 1.29 is 14.4 Å². The van der Waals surface area contributed by atoms with Gasteiger partial charge in [0.1, 0.15) is 6.61 Å². The van der Waals surface area contributed by atoms with E-state index >= 15 is 0 Å². The van der Waals surface area contributed by atoms with Crippen LogP contribution in [0.2, 0.25) is 0 Å². The number of nitrogens with zero attached hydrogens (tertiary/aromatic N) is 2. The molecule has 1 heterocycles. The van der Waals surface area contributed by atoms with Crippen LogP contribution < -0.4 is 9.47 Å². The summed E-state index contributed by atoms with van der Waals surface area (Å²) < 4.78 is 10.8. The largest absolute Gasteiger partial charge is 0.493 e. The summed E-state index contributed by atoms with van der Waals surface area (Å²) >= 11 is 0. The minimum absolute atomic E-state index is 0.00484. The van der Waals surface area contributed by atoms with Gasteiger partial charge in [0.15, 0.2) is 11.5 Å². The minimum atomic E-state index is -0.444. The van der Waals surface area contributed by atoms with E-state index in [0.717, 1.165) is 19.6 Å². The predicted octanol–water partition coefficient (Wildman–Crippen LogP) is 2.47. The second kappa shape index (κ2) is 7.09. The Morgan fingerprint density at radius 1 is 1.25 bits per heavy atom. The highest BCUT2D eigenvalue weighted by Crippen LogP contribution is 2.31. The summed E-state index contributed by atoms with van der Waals surface area (Å²) in [4.78, 5) is 12.6. The van der Waals surface area contributed by atoms with Crippen molar-refractivity contribution in [2.24, 2.45) is 0 Å². The monoisotopic (exact) mass is 280 g/mol. The minimum Gasteiger partial charge on any atom is -0.493 e. The highest BCUT2D eigenvalue weighted by molar-refractivity contribution is 5.48. The third-order valence-electron chi connectivity index (χ3n) is 3.47. The summed E-state index contributed by atoms with van der Waals surface area (Å²) in [5, 5.41) is 10.7. The SMILES string of the molecule is COc1cc([N+](=O)[O-])ccc1OCCN1CCCCC1. The molecular formula is C14H20N2O4. The summed E-state index contributed by atoms with van der Waals surface area (Å²) in [5.41, 5.74) is 0.00484. The molecule has 1 aliphatic rings. The lowest BCUT2D eigenvalue weighted by Gasteiger charge is -2.26. The fourth-order valence-electron chi connectivity index (χ4n) is 2.36. The number of rotatable bonds is 6. The van der Waals surface area contributed by atoms with Gasteiger partial charge in [-0.05, 0) is 32.0 Å². The molecule has 0 saturated carbocycles. The Morgan fingerprint density at radius 3 is 2.65 bits per heavy atom. The van der Waals surface area contributed by atoms with Crippen LogP contribution >= 0.6 is 0 Å². The van der Waals surface area contributed by atoms with Gasteiger partial charge in [-0.1, -0.05) is 6.42 Å². The molecule has 0 radical (unpaired) electrons. The molecule has 1 fully saturated rings.